The summed E-state index contributed by atoms with van der Waals surface area (Å²) in [7, 11) is 0. The molecule has 1 unspecified atom stereocenters. The lowest BCUT2D eigenvalue weighted by molar-refractivity contribution is -0.147. The first-order valence-corrected chi connectivity index (χ1v) is 6.46. The smallest absolute Gasteiger partial charge is 0.416 e. The fourth-order valence-electron chi connectivity index (χ4n) is 2.03. The van der Waals surface area contributed by atoms with Crippen LogP contribution in [0.15, 0.2) is 42.5 Å². The predicted molar refractivity (Wildman–Crippen MR) is 74.5 cm³/mol. The van der Waals surface area contributed by atoms with E-state index < -0.39 is 23.8 Å². The lowest BCUT2D eigenvalue weighted by atomic mass is 9.95. The van der Waals surface area contributed by atoms with Gasteiger partial charge in [0.05, 0.1) is 5.56 Å². The van der Waals surface area contributed by atoms with Crippen molar-refractivity contribution in [3.63, 3.8) is 0 Å². The van der Waals surface area contributed by atoms with Crippen LogP contribution in [0.1, 0.15) is 17.2 Å². The highest BCUT2D eigenvalue weighted by Gasteiger charge is 2.30. The van der Waals surface area contributed by atoms with Gasteiger partial charge in [-0.15, -0.1) is 0 Å². The number of carboxylic acids is 1. The van der Waals surface area contributed by atoms with Crippen molar-refractivity contribution in [2.24, 2.45) is 0 Å². The van der Waals surface area contributed by atoms with Gasteiger partial charge in [0.25, 0.3) is 0 Å². The van der Waals surface area contributed by atoms with Gasteiger partial charge in [0, 0.05) is 16.1 Å². The number of hydrogen-bond acceptors (Lipinski definition) is 2. The minimum absolute atomic E-state index is 0.0137. The van der Waals surface area contributed by atoms with E-state index in [1.54, 1.807) is 0 Å². The van der Waals surface area contributed by atoms with E-state index in [4.69, 9.17) is 16.7 Å². The van der Waals surface area contributed by atoms with Crippen molar-refractivity contribution in [2.45, 2.75) is 12.3 Å². The average Bonchev–Trinajstić information content (AvgIpc) is 2.45. The number of aliphatic hydroxyl groups is 1. The Bertz CT molecular complexity index is 696. The highest BCUT2D eigenvalue weighted by atomic mass is 35.5. The molecule has 2 aromatic rings. The van der Waals surface area contributed by atoms with Gasteiger partial charge < -0.3 is 10.2 Å². The Hall–Kier alpha value is -2.05. The number of benzene rings is 2. The van der Waals surface area contributed by atoms with Crippen molar-refractivity contribution in [3.8, 4) is 11.1 Å². The van der Waals surface area contributed by atoms with Gasteiger partial charge in [-0.1, -0.05) is 35.9 Å². The first-order chi connectivity index (χ1) is 10.2. The number of rotatable bonds is 3. The van der Waals surface area contributed by atoms with Gasteiger partial charge >= 0.3 is 12.1 Å². The molecule has 0 heterocycles. The van der Waals surface area contributed by atoms with Gasteiger partial charge in [0.1, 0.15) is 0 Å². The fourth-order valence-corrected chi connectivity index (χ4v) is 2.32. The Morgan fingerprint density at radius 2 is 1.68 bits per heavy atom. The Morgan fingerprint density at radius 3 is 2.18 bits per heavy atom. The van der Waals surface area contributed by atoms with Gasteiger partial charge in [-0.2, -0.15) is 13.2 Å². The molecule has 0 radical (unpaired) electrons. The molecule has 1 atom stereocenters. The average molecular weight is 331 g/mol. The molecular formula is C15H10ClF3O3. The lowest BCUT2D eigenvalue weighted by Gasteiger charge is -2.15. The molecule has 3 nitrogen and oxygen atoms in total. The zero-order valence-electron chi connectivity index (χ0n) is 10.9. The number of carboxylic acid groups (broad SMARTS) is 1. The van der Waals surface area contributed by atoms with Crippen LogP contribution < -0.4 is 0 Å². The summed E-state index contributed by atoms with van der Waals surface area (Å²) >= 11 is 6.02. The second kappa shape index (κ2) is 5.98. The first kappa shape index (κ1) is 16.3. The summed E-state index contributed by atoms with van der Waals surface area (Å²) < 4.78 is 37.7. The first-order valence-electron chi connectivity index (χ1n) is 6.08. The van der Waals surface area contributed by atoms with E-state index in [0.717, 1.165) is 12.1 Å². The third kappa shape index (κ3) is 3.23. The maximum Gasteiger partial charge on any atom is 0.416 e. The van der Waals surface area contributed by atoms with E-state index >= 15 is 0 Å². The number of aliphatic hydroxyl groups excluding tert-OH is 1. The summed E-state index contributed by atoms with van der Waals surface area (Å²) in [5.74, 6) is -1.48. The highest BCUT2D eigenvalue weighted by Crippen LogP contribution is 2.37. The van der Waals surface area contributed by atoms with Crippen molar-refractivity contribution in [2.75, 3.05) is 0 Å². The molecule has 0 bridgehead atoms. The van der Waals surface area contributed by atoms with Crippen LogP contribution >= 0.6 is 11.6 Å². The summed E-state index contributed by atoms with van der Waals surface area (Å²) in [6.07, 6.45) is -6.29. The van der Waals surface area contributed by atoms with Crippen LogP contribution in [-0.4, -0.2) is 16.2 Å². The molecule has 0 spiro atoms. The summed E-state index contributed by atoms with van der Waals surface area (Å²) in [6.45, 7) is 0. The molecule has 0 aliphatic rings. The maximum absolute atomic E-state index is 12.6. The van der Waals surface area contributed by atoms with Crippen molar-refractivity contribution in [1.29, 1.82) is 0 Å². The number of carbonyl (C=O) groups is 1. The third-order valence-corrected chi connectivity index (χ3v) is 3.39. The quantitative estimate of drug-likeness (QED) is 0.889. The van der Waals surface area contributed by atoms with E-state index in [-0.39, 0.29) is 21.7 Å². The molecule has 0 saturated heterocycles. The van der Waals surface area contributed by atoms with Crippen LogP contribution in [0, 0.1) is 0 Å². The third-order valence-electron chi connectivity index (χ3n) is 3.08. The molecule has 0 aliphatic heterocycles. The second-order valence-electron chi connectivity index (χ2n) is 4.52. The van der Waals surface area contributed by atoms with Gasteiger partial charge in [0.2, 0.25) is 0 Å². The molecule has 0 aliphatic carbocycles. The molecule has 0 amide bonds. The Labute approximate surface area is 128 Å². The number of alkyl halides is 3. The molecule has 116 valence electrons. The predicted octanol–water partition coefficient (Wildman–Crippen LogP) is 4.14. The molecule has 7 heteroatoms. The normalized spacial score (nSPS) is 13.0. The minimum Gasteiger partial charge on any atom is -0.479 e. The molecule has 2 aromatic carbocycles. The van der Waals surface area contributed by atoms with E-state index in [1.165, 1.54) is 30.3 Å². The molecule has 0 aromatic heterocycles. The van der Waals surface area contributed by atoms with Crippen molar-refractivity contribution in [3.05, 3.63) is 58.6 Å². The Balaban J connectivity index is 2.55. The molecule has 0 saturated carbocycles. The lowest BCUT2D eigenvalue weighted by Crippen LogP contribution is -2.12. The van der Waals surface area contributed by atoms with Gasteiger partial charge in [0.15, 0.2) is 6.10 Å². The van der Waals surface area contributed by atoms with Crippen LogP contribution in [0.2, 0.25) is 5.02 Å². The summed E-state index contributed by atoms with van der Waals surface area (Å²) in [4.78, 5) is 10.9. The van der Waals surface area contributed by atoms with E-state index in [2.05, 4.69) is 0 Å². The van der Waals surface area contributed by atoms with Gasteiger partial charge in [-0.3, -0.25) is 0 Å². The standard InChI is InChI=1S/C15H10ClF3O3/c16-11-3-1-2-10(13(20)14(21)22)12(11)8-4-6-9(7-5-8)15(17,18)19/h1-7,13,20H,(H,21,22). The Morgan fingerprint density at radius 1 is 1.09 bits per heavy atom. The van der Waals surface area contributed by atoms with Crippen LogP contribution in [-0.2, 0) is 11.0 Å². The summed E-state index contributed by atoms with van der Waals surface area (Å²) in [6, 6.07) is 8.39. The van der Waals surface area contributed by atoms with Crippen molar-refractivity contribution < 1.29 is 28.2 Å². The number of aliphatic carboxylic acids is 1. The van der Waals surface area contributed by atoms with Crippen LogP contribution in [0.4, 0.5) is 13.2 Å². The highest BCUT2D eigenvalue weighted by molar-refractivity contribution is 6.33. The second-order valence-corrected chi connectivity index (χ2v) is 4.93. The maximum atomic E-state index is 12.6. The largest absolute Gasteiger partial charge is 0.479 e. The van der Waals surface area contributed by atoms with Crippen LogP contribution in [0.5, 0.6) is 0 Å². The minimum atomic E-state index is -4.47. The van der Waals surface area contributed by atoms with Crippen LogP contribution in [0.25, 0.3) is 11.1 Å². The van der Waals surface area contributed by atoms with Crippen molar-refractivity contribution in [1.82, 2.24) is 0 Å². The molecule has 2 rings (SSSR count). The SMILES string of the molecule is O=C(O)C(O)c1cccc(Cl)c1-c1ccc(C(F)(F)F)cc1. The van der Waals surface area contributed by atoms with Crippen molar-refractivity contribution >= 4 is 17.6 Å². The molecule has 22 heavy (non-hydrogen) atoms. The Kier molecular flexibility index (Phi) is 4.44. The zero-order valence-corrected chi connectivity index (χ0v) is 11.7. The monoisotopic (exact) mass is 330 g/mol. The summed E-state index contributed by atoms with van der Waals surface area (Å²) in [5.41, 5.74) is -0.343. The van der Waals surface area contributed by atoms with E-state index in [9.17, 15) is 23.1 Å². The zero-order chi connectivity index (χ0) is 16.5. The van der Waals surface area contributed by atoms with Gasteiger partial charge in [-0.25, -0.2) is 4.79 Å². The number of halogens is 4. The van der Waals surface area contributed by atoms with E-state index in [0.29, 0.717) is 0 Å². The molecule has 0 fully saturated rings. The topological polar surface area (TPSA) is 57.5 Å². The van der Waals surface area contributed by atoms with Crippen LogP contribution in [0.3, 0.4) is 0 Å². The fraction of sp³-hybridized carbons (Fsp3) is 0.133. The van der Waals surface area contributed by atoms with Gasteiger partial charge in [-0.05, 0) is 23.8 Å². The molecular weight excluding hydrogens is 321 g/mol. The molecule has 2 N–H and O–H groups in total. The van der Waals surface area contributed by atoms with E-state index in [1.807, 2.05) is 0 Å². The number of hydrogen-bond donors (Lipinski definition) is 2. The summed E-state index contributed by atoms with van der Waals surface area (Å²) in [5, 5.41) is 18.8.